The number of phenols is 1. The maximum Gasteiger partial charge on any atom is 0.138 e. The lowest BCUT2D eigenvalue weighted by molar-refractivity contribution is 0.460. The van der Waals surface area contributed by atoms with Gasteiger partial charge in [-0.25, -0.2) is 0 Å². The number of benzene rings is 2. The third-order valence-corrected chi connectivity index (χ3v) is 4.11. The third-order valence-electron chi connectivity index (χ3n) is 3.08. The SMILES string of the molecule is C[C@@H](NCc1cc(Cl)cc(Cl)c1O)c1ccc(Br)cc1. The third kappa shape index (κ3) is 3.89. The largest absolute Gasteiger partial charge is 0.506 e. The van der Waals surface area contributed by atoms with Crippen LogP contribution in [0.25, 0.3) is 0 Å². The van der Waals surface area contributed by atoms with E-state index >= 15 is 0 Å². The number of rotatable bonds is 4. The zero-order valence-corrected chi connectivity index (χ0v) is 13.9. The van der Waals surface area contributed by atoms with E-state index in [4.69, 9.17) is 23.2 Å². The molecule has 0 aliphatic rings. The molecule has 0 bridgehead atoms. The summed E-state index contributed by atoms with van der Waals surface area (Å²) in [7, 11) is 0. The first-order valence-electron chi connectivity index (χ1n) is 6.13. The summed E-state index contributed by atoms with van der Waals surface area (Å²) in [6.07, 6.45) is 0. The molecule has 0 unspecified atom stereocenters. The topological polar surface area (TPSA) is 32.3 Å². The molecule has 20 heavy (non-hydrogen) atoms. The van der Waals surface area contributed by atoms with Crippen molar-refractivity contribution in [3.05, 3.63) is 62.0 Å². The second-order valence-electron chi connectivity index (χ2n) is 4.55. The quantitative estimate of drug-likeness (QED) is 0.759. The highest BCUT2D eigenvalue weighted by Gasteiger charge is 2.10. The number of phenolic OH excluding ortho intramolecular Hbond substituents is 1. The van der Waals surface area contributed by atoms with E-state index in [1.165, 1.54) is 11.6 Å². The molecule has 0 amide bonds. The molecule has 1 atom stereocenters. The van der Waals surface area contributed by atoms with Crippen LogP contribution >= 0.6 is 39.1 Å². The Labute approximate surface area is 136 Å². The summed E-state index contributed by atoms with van der Waals surface area (Å²) < 4.78 is 1.05. The first-order valence-corrected chi connectivity index (χ1v) is 7.68. The molecule has 0 saturated carbocycles. The fraction of sp³-hybridized carbons (Fsp3) is 0.200. The van der Waals surface area contributed by atoms with E-state index in [-0.39, 0.29) is 16.8 Å². The van der Waals surface area contributed by atoms with Gasteiger partial charge in [-0.15, -0.1) is 0 Å². The monoisotopic (exact) mass is 373 g/mol. The van der Waals surface area contributed by atoms with Crippen LogP contribution in [-0.4, -0.2) is 5.11 Å². The molecule has 5 heteroatoms. The predicted molar refractivity (Wildman–Crippen MR) is 87.5 cm³/mol. The van der Waals surface area contributed by atoms with Crippen molar-refractivity contribution in [3.8, 4) is 5.75 Å². The van der Waals surface area contributed by atoms with E-state index in [1.54, 1.807) is 6.07 Å². The standard InChI is InChI=1S/C15H14BrCl2NO/c1-9(10-2-4-12(16)5-3-10)19-8-11-6-13(17)7-14(18)15(11)20/h2-7,9,19-20H,8H2,1H3/t9-/m1/s1. The van der Waals surface area contributed by atoms with E-state index in [0.717, 1.165) is 4.47 Å². The van der Waals surface area contributed by atoms with Gasteiger partial charge in [-0.1, -0.05) is 51.3 Å². The second kappa shape index (κ2) is 6.81. The summed E-state index contributed by atoms with van der Waals surface area (Å²) in [5.41, 5.74) is 1.85. The van der Waals surface area contributed by atoms with Crippen molar-refractivity contribution in [2.24, 2.45) is 0 Å². The van der Waals surface area contributed by atoms with Gasteiger partial charge in [0.15, 0.2) is 0 Å². The van der Waals surface area contributed by atoms with Crippen molar-refractivity contribution >= 4 is 39.1 Å². The molecule has 2 N–H and O–H groups in total. The summed E-state index contributed by atoms with van der Waals surface area (Å²) in [6, 6.07) is 11.5. The zero-order valence-electron chi connectivity index (χ0n) is 10.8. The minimum absolute atomic E-state index is 0.0755. The van der Waals surface area contributed by atoms with Gasteiger partial charge in [0.1, 0.15) is 5.75 Å². The number of hydrogen-bond acceptors (Lipinski definition) is 2. The van der Waals surface area contributed by atoms with Gasteiger partial charge in [-0.3, -0.25) is 0 Å². The minimum atomic E-state index is 0.0755. The average molecular weight is 375 g/mol. The number of aromatic hydroxyl groups is 1. The molecule has 0 spiro atoms. The Bertz CT molecular complexity index is 602. The van der Waals surface area contributed by atoms with E-state index < -0.39 is 0 Å². The molecule has 2 nitrogen and oxygen atoms in total. The normalized spacial score (nSPS) is 12.4. The molecule has 0 aliphatic carbocycles. The van der Waals surface area contributed by atoms with Gasteiger partial charge in [0, 0.05) is 27.6 Å². The molecular formula is C15H14BrCl2NO. The van der Waals surface area contributed by atoms with Gasteiger partial charge >= 0.3 is 0 Å². The van der Waals surface area contributed by atoms with Gasteiger partial charge in [0.25, 0.3) is 0 Å². The average Bonchev–Trinajstić information content (AvgIpc) is 2.41. The highest BCUT2D eigenvalue weighted by atomic mass is 79.9. The summed E-state index contributed by atoms with van der Waals surface area (Å²) in [4.78, 5) is 0. The Morgan fingerprint density at radius 2 is 1.85 bits per heavy atom. The van der Waals surface area contributed by atoms with Crippen molar-refractivity contribution in [2.45, 2.75) is 19.5 Å². The van der Waals surface area contributed by atoms with Crippen molar-refractivity contribution in [1.29, 1.82) is 0 Å². The number of halogens is 3. The summed E-state index contributed by atoms with van der Waals surface area (Å²) >= 11 is 15.3. The van der Waals surface area contributed by atoms with Gasteiger partial charge in [-0.05, 0) is 36.8 Å². The fourth-order valence-electron chi connectivity index (χ4n) is 1.89. The molecule has 0 aliphatic heterocycles. The van der Waals surface area contributed by atoms with Gasteiger partial charge in [0.05, 0.1) is 5.02 Å². The van der Waals surface area contributed by atoms with Gasteiger partial charge in [-0.2, -0.15) is 0 Å². The summed E-state index contributed by atoms with van der Waals surface area (Å²) in [5.74, 6) is 0.0755. The Kier molecular flexibility index (Phi) is 5.33. The molecule has 2 aromatic rings. The molecular weight excluding hydrogens is 361 g/mol. The zero-order chi connectivity index (χ0) is 14.7. The van der Waals surface area contributed by atoms with Crippen LogP contribution in [0.1, 0.15) is 24.1 Å². The smallest absolute Gasteiger partial charge is 0.138 e. The van der Waals surface area contributed by atoms with Gasteiger partial charge in [0.2, 0.25) is 0 Å². The highest BCUT2D eigenvalue weighted by Crippen LogP contribution is 2.31. The lowest BCUT2D eigenvalue weighted by Crippen LogP contribution is -2.18. The van der Waals surface area contributed by atoms with E-state index in [0.29, 0.717) is 17.1 Å². The lowest BCUT2D eigenvalue weighted by Gasteiger charge is -2.15. The van der Waals surface area contributed by atoms with Crippen LogP contribution in [0.4, 0.5) is 0 Å². The maximum atomic E-state index is 9.91. The Morgan fingerprint density at radius 3 is 2.50 bits per heavy atom. The van der Waals surface area contributed by atoms with Crippen LogP contribution in [0.15, 0.2) is 40.9 Å². The molecule has 2 rings (SSSR count). The highest BCUT2D eigenvalue weighted by molar-refractivity contribution is 9.10. The molecule has 0 fully saturated rings. The van der Waals surface area contributed by atoms with Crippen molar-refractivity contribution in [3.63, 3.8) is 0 Å². The maximum absolute atomic E-state index is 9.91. The number of hydrogen-bond donors (Lipinski definition) is 2. The first kappa shape index (κ1) is 15.6. The molecule has 0 aromatic heterocycles. The van der Waals surface area contributed by atoms with Gasteiger partial charge < -0.3 is 10.4 Å². The van der Waals surface area contributed by atoms with E-state index in [2.05, 4.69) is 28.2 Å². The van der Waals surface area contributed by atoms with Crippen LogP contribution in [-0.2, 0) is 6.54 Å². The Hall–Kier alpha value is -0.740. The van der Waals surface area contributed by atoms with Crippen molar-refractivity contribution < 1.29 is 5.11 Å². The number of nitrogens with one attached hydrogen (secondary N) is 1. The van der Waals surface area contributed by atoms with E-state index in [1.807, 2.05) is 24.3 Å². The Balaban J connectivity index is 2.07. The second-order valence-corrected chi connectivity index (χ2v) is 6.31. The molecule has 0 saturated heterocycles. The lowest BCUT2D eigenvalue weighted by atomic mass is 10.1. The van der Waals surface area contributed by atoms with Crippen LogP contribution < -0.4 is 5.32 Å². The van der Waals surface area contributed by atoms with Crippen LogP contribution in [0, 0.1) is 0 Å². The predicted octanol–water partition coefficient (Wildman–Crippen LogP) is 5.31. The van der Waals surface area contributed by atoms with Crippen LogP contribution in [0.3, 0.4) is 0 Å². The Morgan fingerprint density at radius 1 is 1.20 bits per heavy atom. The summed E-state index contributed by atoms with van der Waals surface area (Å²) in [5, 5.41) is 14.0. The van der Waals surface area contributed by atoms with Crippen LogP contribution in [0.2, 0.25) is 10.0 Å². The first-order chi connectivity index (χ1) is 9.47. The van der Waals surface area contributed by atoms with Crippen LogP contribution in [0.5, 0.6) is 5.75 Å². The van der Waals surface area contributed by atoms with Crippen molar-refractivity contribution in [1.82, 2.24) is 5.32 Å². The molecule has 2 aromatic carbocycles. The molecule has 0 heterocycles. The fourth-order valence-corrected chi connectivity index (χ4v) is 2.69. The van der Waals surface area contributed by atoms with E-state index in [9.17, 15) is 5.11 Å². The molecule has 0 radical (unpaired) electrons. The van der Waals surface area contributed by atoms with Crippen molar-refractivity contribution in [2.75, 3.05) is 0 Å². The molecule has 106 valence electrons. The minimum Gasteiger partial charge on any atom is -0.506 e. The summed E-state index contributed by atoms with van der Waals surface area (Å²) in [6.45, 7) is 2.55.